The van der Waals surface area contributed by atoms with Gasteiger partial charge < -0.3 is 14.3 Å². The van der Waals surface area contributed by atoms with E-state index in [2.05, 4.69) is 0 Å². The molecule has 3 atom stereocenters. The number of carbonyl (C=O) groups excluding carboxylic acids is 2. The summed E-state index contributed by atoms with van der Waals surface area (Å²) in [6.07, 6.45) is 3.16. The SMILES string of the molecule is COC1[C@H](C=O)CC[C@@H]1C=O. The van der Waals surface area contributed by atoms with Gasteiger partial charge in [0.2, 0.25) is 0 Å². The van der Waals surface area contributed by atoms with Gasteiger partial charge in [-0.1, -0.05) is 0 Å². The molecule has 1 aliphatic carbocycles. The number of ether oxygens (including phenoxy) is 1. The Morgan fingerprint density at radius 2 is 1.64 bits per heavy atom. The van der Waals surface area contributed by atoms with E-state index < -0.39 is 0 Å². The third kappa shape index (κ3) is 1.48. The first-order chi connectivity index (χ1) is 5.33. The lowest BCUT2D eigenvalue weighted by Gasteiger charge is -2.15. The van der Waals surface area contributed by atoms with E-state index in [4.69, 9.17) is 4.74 Å². The van der Waals surface area contributed by atoms with Gasteiger partial charge in [-0.3, -0.25) is 0 Å². The molecule has 1 rings (SSSR count). The number of aldehydes is 2. The Hall–Kier alpha value is -0.700. The molecule has 3 heteroatoms. The number of methoxy groups -OCH3 is 1. The van der Waals surface area contributed by atoms with Gasteiger partial charge in [0, 0.05) is 18.9 Å². The molecule has 0 aliphatic heterocycles. The molecule has 0 saturated heterocycles. The van der Waals surface area contributed by atoms with Gasteiger partial charge in [0.1, 0.15) is 12.6 Å². The Morgan fingerprint density at radius 3 is 1.91 bits per heavy atom. The maximum Gasteiger partial charge on any atom is 0.125 e. The van der Waals surface area contributed by atoms with Crippen LogP contribution in [0.15, 0.2) is 0 Å². The second kappa shape index (κ2) is 3.62. The summed E-state index contributed by atoms with van der Waals surface area (Å²) in [6, 6.07) is 0. The lowest BCUT2D eigenvalue weighted by atomic mass is 10.0. The average molecular weight is 156 g/mol. The zero-order chi connectivity index (χ0) is 8.27. The highest BCUT2D eigenvalue weighted by Crippen LogP contribution is 2.30. The maximum atomic E-state index is 10.4. The Kier molecular flexibility index (Phi) is 2.76. The minimum absolute atomic E-state index is 0.0739. The van der Waals surface area contributed by atoms with Crippen LogP contribution in [0.4, 0.5) is 0 Å². The van der Waals surface area contributed by atoms with Crippen molar-refractivity contribution in [2.24, 2.45) is 11.8 Å². The van der Waals surface area contributed by atoms with E-state index >= 15 is 0 Å². The molecule has 0 spiro atoms. The summed E-state index contributed by atoms with van der Waals surface area (Å²) in [5.41, 5.74) is 0. The van der Waals surface area contributed by atoms with Crippen LogP contribution >= 0.6 is 0 Å². The number of carbonyl (C=O) groups is 2. The largest absolute Gasteiger partial charge is 0.380 e. The predicted octanol–water partition coefficient (Wildman–Crippen LogP) is 0.425. The van der Waals surface area contributed by atoms with Crippen LogP contribution in [0.25, 0.3) is 0 Å². The topological polar surface area (TPSA) is 43.4 Å². The van der Waals surface area contributed by atoms with Gasteiger partial charge in [0.25, 0.3) is 0 Å². The van der Waals surface area contributed by atoms with Crippen LogP contribution < -0.4 is 0 Å². The van der Waals surface area contributed by atoms with E-state index in [-0.39, 0.29) is 17.9 Å². The molecular weight excluding hydrogens is 144 g/mol. The molecular formula is C8H12O3. The normalized spacial score (nSPS) is 37.0. The lowest BCUT2D eigenvalue weighted by molar-refractivity contribution is -0.118. The van der Waals surface area contributed by atoms with Crippen molar-refractivity contribution in [1.29, 1.82) is 0 Å². The highest BCUT2D eigenvalue weighted by atomic mass is 16.5. The molecule has 62 valence electrons. The second-order valence-electron chi connectivity index (χ2n) is 2.88. The van der Waals surface area contributed by atoms with Gasteiger partial charge in [-0.15, -0.1) is 0 Å². The monoisotopic (exact) mass is 156 g/mol. The van der Waals surface area contributed by atoms with Crippen molar-refractivity contribution < 1.29 is 14.3 Å². The Bertz CT molecular complexity index is 139. The highest BCUT2D eigenvalue weighted by Gasteiger charge is 2.35. The van der Waals surface area contributed by atoms with Crippen LogP contribution in [0.2, 0.25) is 0 Å². The van der Waals surface area contributed by atoms with Gasteiger partial charge in [0.05, 0.1) is 6.10 Å². The first kappa shape index (κ1) is 8.40. The standard InChI is InChI=1S/C8H12O3/c1-11-8-6(4-9)2-3-7(8)5-10/h4-8H,2-3H2,1H3/t6-,7+,8?. The van der Waals surface area contributed by atoms with Crippen LogP contribution in [-0.2, 0) is 14.3 Å². The molecule has 1 saturated carbocycles. The molecule has 1 aliphatic rings. The third-order valence-corrected chi connectivity index (χ3v) is 2.30. The molecule has 0 bridgehead atoms. The van der Waals surface area contributed by atoms with Crippen LogP contribution in [0.1, 0.15) is 12.8 Å². The van der Waals surface area contributed by atoms with Crippen molar-refractivity contribution in [3.63, 3.8) is 0 Å². The summed E-state index contributed by atoms with van der Waals surface area (Å²) in [6.45, 7) is 0. The summed E-state index contributed by atoms with van der Waals surface area (Å²) in [7, 11) is 1.54. The molecule has 1 unspecified atom stereocenters. The van der Waals surface area contributed by atoms with Crippen LogP contribution in [0.5, 0.6) is 0 Å². The number of rotatable bonds is 3. The predicted molar refractivity (Wildman–Crippen MR) is 39.1 cm³/mol. The van der Waals surface area contributed by atoms with Crippen molar-refractivity contribution in [3.05, 3.63) is 0 Å². The first-order valence-corrected chi connectivity index (χ1v) is 3.77. The second-order valence-corrected chi connectivity index (χ2v) is 2.88. The van der Waals surface area contributed by atoms with Gasteiger partial charge in [-0.05, 0) is 12.8 Å². The van der Waals surface area contributed by atoms with E-state index in [0.29, 0.717) is 0 Å². The quantitative estimate of drug-likeness (QED) is 0.556. The van der Waals surface area contributed by atoms with E-state index in [0.717, 1.165) is 25.4 Å². The average Bonchev–Trinajstić information content (AvgIpc) is 2.45. The van der Waals surface area contributed by atoms with Gasteiger partial charge >= 0.3 is 0 Å². The zero-order valence-corrected chi connectivity index (χ0v) is 6.53. The van der Waals surface area contributed by atoms with Crippen molar-refractivity contribution >= 4 is 12.6 Å². The summed E-state index contributed by atoms with van der Waals surface area (Å²) in [5.74, 6) is -0.148. The Labute approximate surface area is 65.7 Å². The Balaban J connectivity index is 2.61. The summed E-state index contributed by atoms with van der Waals surface area (Å²) >= 11 is 0. The van der Waals surface area contributed by atoms with E-state index in [1.807, 2.05) is 0 Å². The fourth-order valence-corrected chi connectivity index (χ4v) is 1.67. The highest BCUT2D eigenvalue weighted by molar-refractivity contribution is 5.61. The third-order valence-electron chi connectivity index (χ3n) is 2.30. The van der Waals surface area contributed by atoms with E-state index in [9.17, 15) is 9.59 Å². The molecule has 0 aromatic carbocycles. The minimum atomic E-state index is -0.176. The zero-order valence-electron chi connectivity index (χ0n) is 6.53. The number of hydrogen-bond acceptors (Lipinski definition) is 3. The minimum Gasteiger partial charge on any atom is -0.380 e. The molecule has 0 radical (unpaired) electrons. The van der Waals surface area contributed by atoms with Gasteiger partial charge in [0.15, 0.2) is 0 Å². The first-order valence-electron chi connectivity index (χ1n) is 3.77. The smallest absolute Gasteiger partial charge is 0.125 e. The van der Waals surface area contributed by atoms with Crippen LogP contribution in [0, 0.1) is 11.8 Å². The molecule has 0 aromatic rings. The van der Waals surface area contributed by atoms with Gasteiger partial charge in [-0.25, -0.2) is 0 Å². The molecule has 3 nitrogen and oxygen atoms in total. The molecule has 0 heterocycles. The summed E-state index contributed by atoms with van der Waals surface area (Å²) < 4.78 is 5.06. The van der Waals surface area contributed by atoms with Gasteiger partial charge in [-0.2, -0.15) is 0 Å². The van der Waals surface area contributed by atoms with Crippen molar-refractivity contribution in [2.75, 3.05) is 7.11 Å². The molecule has 0 aromatic heterocycles. The van der Waals surface area contributed by atoms with Crippen LogP contribution in [-0.4, -0.2) is 25.8 Å². The summed E-state index contributed by atoms with van der Waals surface area (Å²) in [5, 5.41) is 0. The van der Waals surface area contributed by atoms with Crippen molar-refractivity contribution in [3.8, 4) is 0 Å². The van der Waals surface area contributed by atoms with E-state index in [1.54, 1.807) is 7.11 Å². The number of hydrogen-bond donors (Lipinski definition) is 0. The molecule has 1 fully saturated rings. The Morgan fingerprint density at radius 1 is 1.18 bits per heavy atom. The van der Waals surface area contributed by atoms with Crippen molar-refractivity contribution in [2.45, 2.75) is 18.9 Å². The summed E-state index contributed by atoms with van der Waals surface area (Å²) in [4.78, 5) is 20.9. The van der Waals surface area contributed by atoms with E-state index in [1.165, 1.54) is 0 Å². The molecule has 0 N–H and O–H groups in total. The lowest BCUT2D eigenvalue weighted by Crippen LogP contribution is -2.25. The fraction of sp³-hybridized carbons (Fsp3) is 0.750. The van der Waals surface area contributed by atoms with Crippen molar-refractivity contribution in [1.82, 2.24) is 0 Å². The molecule has 11 heavy (non-hydrogen) atoms. The van der Waals surface area contributed by atoms with Crippen LogP contribution in [0.3, 0.4) is 0 Å². The molecule has 0 amide bonds. The fourth-order valence-electron chi connectivity index (χ4n) is 1.67. The maximum absolute atomic E-state index is 10.4.